The highest BCUT2D eigenvalue weighted by Gasteiger charge is 2.11. The number of hydrogen-bond acceptors (Lipinski definition) is 4. The Bertz CT molecular complexity index is 884. The van der Waals surface area contributed by atoms with Gasteiger partial charge in [0.2, 0.25) is 5.95 Å². The topological polar surface area (TPSA) is 49.8 Å². The molecule has 0 amide bonds. The number of anilines is 3. The first-order valence-corrected chi connectivity index (χ1v) is 9.24. The van der Waals surface area contributed by atoms with Crippen LogP contribution in [0.2, 0.25) is 10.0 Å². The lowest BCUT2D eigenvalue weighted by atomic mass is 10.1. The number of benzene rings is 2. The molecule has 0 aliphatic rings. The molecule has 3 rings (SSSR count). The summed E-state index contributed by atoms with van der Waals surface area (Å²) in [6.45, 7) is 4.21. The Morgan fingerprint density at radius 2 is 1.77 bits per heavy atom. The van der Waals surface area contributed by atoms with Gasteiger partial charge < -0.3 is 10.6 Å². The third kappa shape index (κ3) is 4.45. The van der Waals surface area contributed by atoms with E-state index in [2.05, 4.69) is 34.4 Å². The second kappa shape index (κ2) is 8.39. The van der Waals surface area contributed by atoms with Crippen LogP contribution in [0.25, 0.3) is 11.3 Å². The maximum absolute atomic E-state index is 6.29. The van der Waals surface area contributed by atoms with Crippen molar-refractivity contribution in [2.45, 2.75) is 26.3 Å². The second-order valence-electron chi connectivity index (χ2n) is 6.01. The molecule has 4 nitrogen and oxygen atoms in total. The minimum absolute atomic E-state index is 0.267. The zero-order chi connectivity index (χ0) is 18.5. The summed E-state index contributed by atoms with van der Waals surface area (Å²) in [5.74, 6) is 1.22. The average Bonchev–Trinajstić information content (AvgIpc) is 2.66. The van der Waals surface area contributed by atoms with E-state index in [0.717, 1.165) is 17.7 Å². The van der Waals surface area contributed by atoms with Crippen molar-refractivity contribution in [3.63, 3.8) is 0 Å². The van der Waals surface area contributed by atoms with Gasteiger partial charge in [0, 0.05) is 17.7 Å². The summed E-state index contributed by atoms with van der Waals surface area (Å²) in [6, 6.07) is 17.6. The molecular weight excluding hydrogens is 367 g/mol. The predicted molar refractivity (Wildman–Crippen MR) is 111 cm³/mol. The van der Waals surface area contributed by atoms with Crippen LogP contribution in [-0.4, -0.2) is 16.0 Å². The first kappa shape index (κ1) is 18.5. The van der Waals surface area contributed by atoms with E-state index in [1.807, 2.05) is 48.5 Å². The summed E-state index contributed by atoms with van der Waals surface area (Å²) in [6.07, 6.45) is 0.974. The lowest BCUT2D eigenvalue weighted by molar-refractivity contribution is 0.753. The van der Waals surface area contributed by atoms with Crippen molar-refractivity contribution in [3.05, 3.63) is 64.6 Å². The van der Waals surface area contributed by atoms with Gasteiger partial charge in [-0.1, -0.05) is 66.5 Å². The molecule has 0 aliphatic carbocycles. The van der Waals surface area contributed by atoms with Gasteiger partial charge in [0.05, 0.1) is 21.4 Å². The second-order valence-corrected chi connectivity index (χ2v) is 6.79. The SMILES string of the molecule is CC[C@H](C)Nc1nc(Nc2cccc(Cl)c2Cl)cc(-c2ccccc2)n1. The quantitative estimate of drug-likeness (QED) is 0.514. The lowest BCUT2D eigenvalue weighted by Gasteiger charge is -2.15. The van der Waals surface area contributed by atoms with Gasteiger partial charge in [-0.25, -0.2) is 4.98 Å². The third-order valence-electron chi connectivity index (χ3n) is 4.00. The van der Waals surface area contributed by atoms with Gasteiger partial charge in [-0.3, -0.25) is 0 Å². The summed E-state index contributed by atoms with van der Waals surface area (Å²) < 4.78 is 0. The molecule has 0 fully saturated rings. The van der Waals surface area contributed by atoms with Gasteiger partial charge in [-0.15, -0.1) is 0 Å². The third-order valence-corrected chi connectivity index (χ3v) is 4.82. The molecule has 0 unspecified atom stereocenters. The fourth-order valence-corrected chi connectivity index (χ4v) is 2.74. The zero-order valence-electron chi connectivity index (χ0n) is 14.6. The molecule has 26 heavy (non-hydrogen) atoms. The summed E-state index contributed by atoms with van der Waals surface area (Å²) in [5.41, 5.74) is 2.54. The van der Waals surface area contributed by atoms with E-state index >= 15 is 0 Å². The molecule has 1 heterocycles. The molecular formula is C20H20Cl2N4. The van der Waals surface area contributed by atoms with Gasteiger partial charge in [-0.05, 0) is 25.5 Å². The fourth-order valence-electron chi connectivity index (χ4n) is 2.39. The van der Waals surface area contributed by atoms with E-state index in [9.17, 15) is 0 Å². The van der Waals surface area contributed by atoms with Crippen LogP contribution in [0.5, 0.6) is 0 Å². The van der Waals surface area contributed by atoms with Gasteiger partial charge in [0.15, 0.2) is 0 Å². The largest absolute Gasteiger partial charge is 0.352 e. The minimum atomic E-state index is 0.267. The van der Waals surface area contributed by atoms with Crippen LogP contribution in [0.4, 0.5) is 17.5 Å². The van der Waals surface area contributed by atoms with E-state index in [4.69, 9.17) is 23.2 Å². The molecule has 2 N–H and O–H groups in total. The highest BCUT2D eigenvalue weighted by molar-refractivity contribution is 6.43. The Kier molecular flexibility index (Phi) is 5.96. The van der Waals surface area contributed by atoms with Crippen molar-refractivity contribution in [2.24, 2.45) is 0 Å². The summed E-state index contributed by atoms with van der Waals surface area (Å²) >= 11 is 12.4. The summed E-state index contributed by atoms with van der Waals surface area (Å²) in [5, 5.41) is 7.54. The minimum Gasteiger partial charge on any atom is -0.352 e. The van der Waals surface area contributed by atoms with Crippen molar-refractivity contribution in [1.29, 1.82) is 0 Å². The highest BCUT2D eigenvalue weighted by atomic mass is 35.5. The smallest absolute Gasteiger partial charge is 0.225 e. The normalized spacial score (nSPS) is 11.8. The number of aromatic nitrogens is 2. The van der Waals surface area contributed by atoms with E-state index in [1.165, 1.54) is 0 Å². The molecule has 0 spiro atoms. The molecule has 0 saturated carbocycles. The highest BCUT2D eigenvalue weighted by Crippen LogP contribution is 2.32. The van der Waals surface area contributed by atoms with E-state index in [0.29, 0.717) is 27.5 Å². The monoisotopic (exact) mass is 386 g/mol. The van der Waals surface area contributed by atoms with Gasteiger partial charge in [0.1, 0.15) is 5.82 Å². The number of halogens is 2. The van der Waals surface area contributed by atoms with Crippen molar-refractivity contribution in [3.8, 4) is 11.3 Å². The summed E-state index contributed by atoms with van der Waals surface area (Å²) in [7, 11) is 0. The van der Waals surface area contributed by atoms with Gasteiger partial charge in [0.25, 0.3) is 0 Å². The van der Waals surface area contributed by atoms with Crippen LogP contribution in [0, 0.1) is 0 Å². The molecule has 1 aromatic heterocycles. The first-order chi connectivity index (χ1) is 12.6. The summed E-state index contributed by atoms with van der Waals surface area (Å²) in [4.78, 5) is 9.23. The Morgan fingerprint density at radius 3 is 2.50 bits per heavy atom. The molecule has 0 bridgehead atoms. The standard InChI is InChI=1S/C20H20Cl2N4/c1-3-13(2)23-20-25-17(14-8-5-4-6-9-14)12-18(26-20)24-16-11-7-10-15(21)19(16)22/h4-13H,3H2,1-2H3,(H2,23,24,25,26)/t13-/m0/s1. The first-order valence-electron chi connectivity index (χ1n) is 8.49. The molecule has 6 heteroatoms. The van der Waals surface area contributed by atoms with Crippen LogP contribution < -0.4 is 10.6 Å². The molecule has 1 atom stereocenters. The Balaban J connectivity index is 2.00. The van der Waals surface area contributed by atoms with Crippen LogP contribution in [0.3, 0.4) is 0 Å². The van der Waals surface area contributed by atoms with Crippen molar-refractivity contribution >= 4 is 40.7 Å². The molecule has 0 aliphatic heterocycles. The Labute approximate surface area is 163 Å². The van der Waals surface area contributed by atoms with Crippen molar-refractivity contribution < 1.29 is 0 Å². The van der Waals surface area contributed by atoms with Crippen LogP contribution in [0.15, 0.2) is 54.6 Å². The van der Waals surface area contributed by atoms with Crippen molar-refractivity contribution in [2.75, 3.05) is 10.6 Å². The predicted octanol–water partition coefficient (Wildman–Crippen LogP) is 6.40. The van der Waals surface area contributed by atoms with Gasteiger partial charge >= 0.3 is 0 Å². The van der Waals surface area contributed by atoms with E-state index in [-0.39, 0.29) is 6.04 Å². The van der Waals surface area contributed by atoms with E-state index < -0.39 is 0 Å². The van der Waals surface area contributed by atoms with Crippen LogP contribution in [0.1, 0.15) is 20.3 Å². The number of hydrogen-bond donors (Lipinski definition) is 2. The Morgan fingerprint density at radius 1 is 1.00 bits per heavy atom. The maximum Gasteiger partial charge on any atom is 0.225 e. The lowest BCUT2D eigenvalue weighted by Crippen LogP contribution is -2.16. The number of nitrogens with one attached hydrogen (secondary N) is 2. The molecule has 3 aromatic rings. The van der Waals surface area contributed by atoms with E-state index in [1.54, 1.807) is 6.07 Å². The van der Waals surface area contributed by atoms with Crippen molar-refractivity contribution in [1.82, 2.24) is 9.97 Å². The molecule has 0 saturated heterocycles. The Hall–Kier alpha value is -2.30. The number of nitrogens with zero attached hydrogens (tertiary/aromatic N) is 2. The molecule has 2 aromatic carbocycles. The molecule has 134 valence electrons. The van der Waals surface area contributed by atoms with Crippen LogP contribution in [-0.2, 0) is 0 Å². The maximum atomic E-state index is 6.29. The zero-order valence-corrected chi connectivity index (χ0v) is 16.1. The average molecular weight is 387 g/mol. The van der Waals surface area contributed by atoms with Gasteiger partial charge in [-0.2, -0.15) is 4.98 Å². The number of rotatable bonds is 6. The fraction of sp³-hybridized carbons (Fsp3) is 0.200. The van der Waals surface area contributed by atoms with Crippen LogP contribution >= 0.6 is 23.2 Å². The molecule has 0 radical (unpaired) electrons.